The van der Waals surface area contributed by atoms with Crippen LogP contribution in [0.3, 0.4) is 0 Å². The lowest BCUT2D eigenvalue weighted by atomic mass is 10.2. The van der Waals surface area contributed by atoms with Crippen LogP contribution >= 0.6 is 11.6 Å². The molecule has 0 bridgehead atoms. The maximum absolute atomic E-state index is 12.0. The zero-order valence-electron chi connectivity index (χ0n) is 10.6. The van der Waals surface area contributed by atoms with Crippen molar-refractivity contribution in [2.75, 3.05) is 0 Å². The molecule has 6 heteroatoms. The van der Waals surface area contributed by atoms with Crippen molar-refractivity contribution in [2.24, 2.45) is 0 Å². The Morgan fingerprint density at radius 2 is 1.75 bits per heavy atom. The van der Waals surface area contributed by atoms with Crippen LogP contribution in [0.4, 0.5) is 0 Å². The molecule has 2 aromatic carbocycles. The van der Waals surface area contributed by atoms with Gasteiger partial charge in [-0.15, -0.1) is 0 Å². The van der Waals surface area contributed by atoms with Gasteiger partial charge in [-0.3, -0.25) is 4.79 Å². The van der Waals surface area contributed by atoms with Gasteiger partial charge >= 0.3 is 0 Å². The normalized spacial score (nSPS) is 11.1. The summed E-state index contributed by atoms with van der Waals surface area (Å²) >= 11 is 5.77. The van der Waals surface area contributed by atoms with Gasteiger partial charge in [-0.25, -0.2) is 13.1 Å². The Labute approximate surface area is 122 Å². The molecule has 0 aliphatic heterocycles. The number of hydrogen-bond donors (Lipinski definition) is 1. The van der Waals surface area contributed by atoms with Gasteiger partial charge in [0.1, 0.15) is 0 Å². The van der Waals surface area contributed by atoms with E-state index in [0.29, 0.717) is 5.02 Å². The molecule has 0 unspecified atom stereocenters. The second-order valence-electron chi connectivity index (χ2n) is 4.26. The van der Waals surface area contributed by atoms with E-state index in [4.69, 9.17) is 11.6 Å². The van der Waals surface area contributed by atoms with Crippen molar-refractivity contribution < 1.29 is 13.2 Å². The molecule has 0 saturated carbocycles. The Morgan fingerprint density at radius 1 is 1.10 bits per heavy atom. The number of sulfonamides is 1. The smallest absolute Gasteiger partial charge is 0.265 e. The van der Waals surface area contributed by atoms with Crippen LogP contribution in [0.2, 0.25) is 5.02 Å². The van der Waals surface area contributed by atoms with Crippen molar-refractivity contribution in [2.45, 2.75) is 11.8 Å². The summed E-state index contributed by atoms with van der Waals surface area (Å²) in [6.07, 6.45) is 0. The third-order valence-electron chi connectivity index (χ3n) is 2.65. The van der Waals surface area contributed by atoms with Gasteiger partial charge in [-0.1, -0.05) is 35.4 Å². The summed E-state index contributed by atoms with van der Waals surface area (Å²) in [5.74, 6) is -0.715. The molecule has 0 fully saturated rings. The lowest BCUT2D eigenvalue weighted by molar-refractivity contribution is 0.0981. The van der Waals surface area contributed by atoms with Gasteiger partial charge in [-0.05, 0) is 37.3 Å². The highest BCUT2D eigenvalue weighted by molar-refractivity contribution is 7.90. The van der Waals surface area contributed by atoms with Crippen LogP contribution < -0.4 is 4.72 Å². The Morgan fingerprint density at radius 3 is 2.35 bits per heavy atom. The van der Waals surface area contributed by atoms with Crippen LogP contribution in [0, 0.1) is 6.92 Å². The van der Waals surface area contributed by atoms with E-state index in [1.165, 1.54) is 24.3 Å². The predicted octanol–water partition coefficient (Wildman–Crippen LogP) is 2.77. The predicted molar refractivity (Wildman–Crippen MR) is 77.3 cm³/mol. The molecule has 4 nitrogen and oxygen atoms in total. The third-order valence-corrected chi connectivity index (χ3v) is 4.23. The summed E-state index contributed by atoms with van der Waals surface area (Å²) in [5.41, 5.74) is 1.12. The number of rotatable bonds is 3. The van der Waals surface area contributed by atoms with E-state index in [-0.39, 0.29) is 10.5 Å². The Hall–Kier alpha value is -1.85. The molecule has 1 N–H and O–H groups in total. The van der Waals surface area contributed by atoms with Crippen molar-refractivity contribution in [1.29, 1.82) is 0 Å². The third kappa shape index (κ3) is 3.37. The maximum atomic E-state index is 12.0. The molecule has 0 aliphatic carbocycles. The number of hydrogen-bond acceptors (Lipinski definition) is 3. The van der Waals surface area contributed by atoms with E-state index in [0.717, 1.165) is 5.56 Å². The fourth-order valence-corrected chi connectivity index (χ4v) is 2.75. The average Bonchev–Trinajstić information content (AvgIpc) is 2.38. The summed E-state index contributed by atoms with van der Waals surface area (Å²) in [7, 11) is -3.88. The summed E-state index contributed by atoms with van der Waals surface area (Å²) in [6, 6.07) is 12.3. The molecule has 0 radical (unpaired) electrons. The van der Waals surface area contributed by atoms with Crippen LogP contribution in [0.15, 0.2) is 53.4 Å². The molecule has 2 rings (SSSR count). The van der Waals surface area contributed by atoms with E-state index in [1.54, 1.807) is 24.3 Å². The zero-order valence-corrected chi connectivity index (χ0v) is 12.2. The molecular formula is C14H12ClNO3S. The van der Waals surface area contributed by atoms with E-state index in [9.17, 15) is 13.2 Å². The highest BCUT2D eigenvalue weighted by atomic mass is 35.5. The SMILES string of the molecule is Cc1ccc(S(=O)(=O)NC(=O)c2cccc(Cl)c2)cc1. The van der Waals surface area contributed by atoms with Gasteiger partial charge in [0.2, 0.25) is 0 Å². The minimum absolute atomic E-state index is 0.0403. The first-order valence-corrected chi connectivity index (χ1v) is 7.64. The van der Waals surface area contributed by atoms with Crippen molar-refractivity contribution >= 4 is 27.5 Å². The highest BCUT2D eigenvalue weighted by Crippen LogP contribution is 2.13. The number of benzene rings is 2. The number of amides is 1. The first-order chi connectivity index (χ1) is 9.38. The Balaban J connectivity index is 2.24. The summed E-state index contributed by atoms with van der Waals surface area (Å²) in [4.78, 5) is 11.9. The fraction of sp³-hybridized carbons (Fsp3) is 0.0714. The lowest BCUT2D eigenvalue weighted by Gasteiger charge is -2.07. The molecular weight excluding hydrogens is 298 g/mol. The molecule has 20 heavy (non-hydrogen) atoms. The van der Waals surface area contributed by atoms with E-state index < -0.39 is 15.9 Å². The molecule has 0 aromatic heterocycles. The monoisotopic (exact) mass is 309 g/mol. The molecule has 0 spiro atoms. The fourth-order valence-electron chi connectivity index (χ4n) is 1.59. The zero-order chi connectivity index (χ0) is 14.8. The number of halogens is 1. The molecule has 104 valence electrons. The topological polar surface area (TPSA) is 63.2 Å². The van der Waals surface area contributed by atoms with Crippen LogP contribution in [-0.4, -0.2) is 14.3 Å². The van der Waals surface area contributed by atoms with Crippen molar-refractivity contribution in [1.82, 2.24) is 4.72 Å². The average molecular weight is 310 g/mol. The molecule has 0 saturated heterocycles. The quantitative estimate of drug-likeness (QED) is 0.948. The number of aryl methyl sites for hydroxylation is 1. The van der Waals surface area contributed by atoms with Crippen LogP contribution in [0.25, 0.3) is 0 Å². The minimum Gasteiger partial charge on any atom is -0.268 e. The minimum atomic E-state index is -3.88. The van der Waals surface area contributed by atoms with Crippen molar-refractivity contribution in [3.05, 3.63) is 64.7 Å². The van der Waals surface area contributed by atoms with E-state index in [2.05, 4.69) is 0 Å². The molecule has 0 aliphatic rings. The van der Waals surface area contributed by atoms with Gasteiger partial charge in [0, 0.05) is 10.6 Å². The molecule has 0 heterocycles. The Kier molecular flexibility index (Phi) is 4.11. The number of carbonyl (C=O) groups is 1. The van der Waals surface area contributed by atoms with Crippen LogP contribution in [-0.2, 0) is 10.0 Å². The largest absolute Gasteiger partial charge is 0.268 e. The number of nitrogens with one attached hydrogen (secondary N) is 1. The maximum Gasteiger partial charge on any atom is 0.265 e. The first kappa shape index (κ1) is 14.6. The van der Waals surface area contributed by atoms with E-state index >= 15 is 0 Å². The van der Waals surface area contributed by atoms with Gasteiger partial charge in [0.15, 0.2) is 0 Å². The van der Waals surface area contributed by atoms with Crippen molar-refractivity contribution in [3.63, 3.8) is 0 Å². The highest BCUT2D eigenvalue weighted by Gasteiger charge is 2.18. The first-order valence-electron chi connectivity index (χ1n) is 5.78. The molecule has 1 amide bonds. The van der Waals surface area contributed by atoms with Crippen LogP contribution in [0.1, 0.15) is 15.9 Å². The molecule has 2 aromatic rings. The van der Waals surface area contributed by atoms with Crippen LogP contribution in [0.5, 0.6) is 0 Å². The summed E-state index contributed by atoms with van der Waals surface area (Å²) < 4.78 is 26.1. The lowest BCUT2D eigenvalue weighted by Crippen LogP contribution is -2.30. The van der Waals surface area contributed by atoms with Crippen molar-refractivity contribution in [3.8, 4) is 0 Å². The second-order valence-corrected chi connectivity index (χ2v) is 6.38. The summed E-state index contributed by atoms with van der Waals surface area (Å²) in [6.45, 7) is 1.85. The standard InChI is InChI=1S/C14H12ClNO3S/c1-10-5-7-13(8-6-10)20(18,19)16-14(17)11-3-2-4-12(15)9-11/h2-9H,1H3,(H,16,17). The molecule has 0 atom stereocenters. The second kappa shape index (κ2) is 5.64. The van der Waals surface area contributed by atoms with Gasteiger partial charge < -0.3 is 0 Å². The van der Waals surface area contributed by atoms with Gasteiger partial charge in [-0.2, -0.15) is 0 Å². The Bertz CT molecular complexity index is 739. The van der Waals surface area contributed by atoms with Gasteiger partial charge in [0.05, 0.1) is 4.90 Å². The number of carbonyl (C=O) groups excluding carboxylic acids is 1. The van der Waals surface area contributed by atoms with Gasteiger partial charge in [0.25, 0.3) is 15.9 Å². The van der Waals surface area contributed by atoms with E-state index in [1.807, 2.05) is 11.6 Å². The summed E-state index contributed by atoms with van der Waals surface area (Å²) in [5, 5.41) is 0.366.